The van der Waals surface area contributed by atoms with Crippen molar-refractivity contribution in [2.24, 2.45) is 0 Å². The molecule has 0 unspecified atom stereocenters. The van der Waals surface area contributed by atoms with Crippen molar-refractivity contribution in [3.05, 3.63) is 23.8 Å². The largest absolute Gasteiger partial charge is 0.495 e. The molecule has 0 aliphatic carbocycles. The van der Waals surface area contributed by atoms with E-state index in [1.165, 1.54) is 49.8 Å². The molecule has 0 fully saturated rings. The maximum absolute atomic E-state index is 5.53. The van der Waals surface area contributed by atoms with Gasteiger partial charge in [-0.25, -0.2) is 0 Å². The molecule has 2 nitrogen and oxygen atoms in total. The van der Waals surface area contributed by atoms with Gasteiger partial charge in [0.25, 0.3) is 0 Å². The Balaban J connectivity index is 2.58. The van der Waals surface area contributed by atoms with Crippen LogP contribution < -0.4 is 9.64 Å². The number of unbranched alkanes of at least 4 members (excludes halogenated alkanes) is 5. The fraction of sp³-hybridized carbons (Fsp3) is 0.667. The molecule has 1 aromatic rings. The fourth-order valence-corrected chi connectivity index (χ4v) is 3.01. The number of alkyl halides is 1. The van der Waals surface area contributed by atoms with Gasteiger partial charge in [0, 0.05) is 18.4 Å². The molecule has 0 saturated carbocycles. The van der Waals surface area contributed by atoms with Crippen LogP contribution in [0.1, 0.15) is 51.0 Å². The number of halogens is 1. The second-order valence-corrected chi connectivity index (χ2v) is 6.41. The van der Waals surface area contributed by atoms with Crippen molar-refractivity contribution in [1.82, 2.24) is 0 Å². The molecule has 1 rings (SSSR count). The van der Waals surface area contributed by atoms with Gasteiger partial charge in [-0.05, 0) is 31.0 Å². The van der Waals surface area contributed by atoms with Gasteiger partial charge in [0.1, 0.15) is 5.75 Å². The normalized spacial score (nSPS) is 10.7. The van der Waals surface area contributed by atoms with Crippen LogP contribution in [0.15, 0.2) is 18.2 Å². The summed E-state index contributed by atoms with van der Waals surface area (Å²) < 4.78 is 5.53. The first-order valence-electron chi connectivity index (χ1n) is 8.18. The molecular formula is C18H30BrNO. The van der Waals surface area contributed by atoms with Crippen LogP contribution >= 0.6 is 15.9 Å². The quantitative estimate of drug-likeness (QED) is 0.380. The lowest BCUT2D eigenvalue weighted by Crippen LogP contribution is -2.27. The van der Waals surface area contributed by atoms with Gasteiger partial charge in [-0.15, -0.1) is 0 Å². The summed E-state index contributed by atoms with van der Waals surface area (Å²) in [7, 11) is 1.76. The number of methoxy groups -OCH3 is 1. The Kier molecular flexibility index (Phi) is 9.56. The maximum Gasteiger partial charge on any atom is 0.142 e. The highest BCUT2D eigenvalue weighted by molar-refractivity contribution is 9.09. The SMILES string of the molecule is CCCCCCCCN(CCBr)c1cc(C)ccc1OC. The summed E-state index contributed by atoms with van der Waals surface area (Å²) in [5.74, 6) is 0.979. The summed E-state index contributed by atoms with van der Waals surface area (Å²) in [6, 6.07) is 6.42. The molecule has 0 aromatic heterocycles. The summed E-state index contributed by atoms with van der Waals surface area (Å²) in [4.78, 5) is 2.44. The van der Waals surface area contributed by atoms with E-state index < -0.39 is 0 Å². The van der Waals surface area contributed by atoms with Gasteiger partial charge in [0.2, 0.25) is 0 Å². The first kappa shape index (κ1) is 18.3. The second-order valence-electron chi connectivity index (χ2n) is 5.62. The number of ether oxygens (including phenoxy) is 1. The minimum Gasteiger partial charge on any atom is -0.495 e. The number of hydrogen-bond donors (Lipinski definition) is 0. The molecule has 0 heterocycles. The lowest BCUT2D eigenvalue weighted by molar-refractivity contribution is 0.414. The van der Waals surface area contributed by atoms with E-state index in [1.807, 2.05) is 0 Å². The van der Waals surface area contributed by atoms with E-state index in [2.05, 4.69) is 52.9 Å². The molecule has 0 saturated heterocycles. The topological polar surface area (TPSA) is 12.5 Å². The van der Waals surface area contributed by atoms with E-state index in [-0.39, 0.29) is 0 Å². The van der Waals surface area contributed by atoms with E-state index in [1.54, 1.807) is 7.11 Å². The Bertz CT molecular complexity index is 395. The lowest BCUT2D eigenvalue weighted by Gasteiger charge is -2.26. The summed E-state index contributed by atoms with van der Waals surface area (Å²) >= 11 is 3.57. The zero-order valence-electron chi connectivity index (χ0n) is 13.8. The molecule has 0 amide bonds. The van der Waals surface area contributed by atoms with E-state index in [4.69, 9.17) is 4.74 Å². The molecule has 21 heavy (non-hydrogen) atoms. The van der Waals surface area contributed by atoms with Crippen molar-refractivity contribution in [2.75, 3.05) is 30.4 Å². The third-order valence-corrected chi connectivity index (χ3v) is 4.17. The van der Waals surface area contributed by atoms with Crippen LogP contribution in [-0.2, 0) is 0 Å². The summed E-state index contributed by atoms with van der Waals surface area (Å²) in [6.45, 7) is 6.54. The van der Waals surface area contributed by atoms with Gasteiger partial charge in [0.05, 0.1) is 12.8 Å². The summed E-state index contributed by atoms with van der Waals surface area (Å²) in [5.41, 5.74) is 2.51. The highest BCUT2D eigenvalue weighted by Crippen LogP contribution is 2.29. The Labute approximate surface area is 139 Å². The molecule has 0 N–H and O–H groups in total. The van der Waals surface area contributed by atoms with Crippen LogP contribution in [0.5, 0.6) is 5.75 Å². The third kappa shape index (κ3) is 6.73. The van der Waals surface area contributed by atoms with E-state index in [0.29, 0.717) is 0 Å². The van der Waals surface area contributed by atoms with Gasteiger partial charge in [-0.3, -0.25) is 0 Å². The highest BCUT2D eigenvalue weighted by atomic mass is 79.9. The molecule has 0 radical (unpaired) electrons. The van der Waals surface area contributed by atoms with Crippen LogP contribution in [-0.4, -0.2) is 25.5 Å². The molecule has 0 aliphatic rings. The maximum atomic E-state index is 5.53. The van der Waals surface area contributed by atoms with Crippen molar-refractivity contribution in [1.29, 1.82) is 0 Å². The average molecular weight is 356 g/mol. The molecule has 0 bridgehead atoms. The minimum atomic E-state index is 0.979. The molecule has 120 valence electrons. The fourth-order valence-electron chi connectivity index (χ4n) is 2.58. The van der Waals surface area contributed by atoms with Crippen molar-refractivity contribution in [3.8, 4) is 5.75 Å². The number of rotatable bonds is 11. The lowest BCUT2D eigenvalue weighted by atomic mass is 10.1. The van der Waals surface area contributed by atoms with Gasteiger partial charge < -0.3 is 9.64 Å². The monoisotopic (exact) mass is 355 g/mol. The number of anilines is 1. The van der Waals surface area contributed by atoms with Crippen LogP contribution in [0.3, 0.4) is 0 Å². The van der Waals surface area contributed by atoms with Gasteiger partial charge in [-0.2, -0.15) is 0 Å². The summed E-state index contributed by atoms with van der Waals surface area (Å²) in [5, 5.41) is 0.986. The van der Waals surface area contributed by atoms with Crippen molar-refractivity contribution in [3.63, 3.8) is 0 Å². The Morgan fingerprint density at radius 3 is 2.43 bits per heavy atom. The van der Waals surface area contributed by atoms with Crippen LogP contribution in [0.2, 0.25) is 0 Å². The smallest absolute Gasteiger partial charge is 0.142 e. The zero-order chi connectivity index (χ0) is 15.5. The standard InChI is InChI=1S/C18H30BrNO/c1-4-5-6-7-8-9-13-20(14-12-19)17-15-16(2)10-11-18(17)21-3/h10-11,15H,4-9,12-14H2,1-3H3. The minimum absolute atomic E-state index is 0.979. The van der Waals surface area contributed by atoms with E-state index >= 15 is 0 Å². The first-order chi connectivity index (χ1) is 10.2. The van der Waals surface area contributed by atoms with Gasteiger partial charge in [0.15, 0.2) is 0 Å². The Morgan fingerprint density at radius 2 is 1.76 bits per heavy atom. The van der Waals surface area contributed by atoms with Crippen molar-refractivity contribution in [2.45, 2.75) is 52.4 Å². The average Bonchev–Trinajstić information content (AvgIpc) is 2.49. The van der Waals surface area contributed by atoms with E-state index in [9.17, 15) is 0 Å². The summed E-state index contributed by atoms with van der Waals surface area (Å²) in [6.07, 6.45) is 8.01. The molecular weight excluding hydrogens is 326 g/mol. The van der Waals surface area contributed by atoms with E-state index in [0.717, 1.165) is 24.2 Å². The Morgan fingerprint density at radius 1 is 1.05 bits per heavy atom. The molecule has 1 aromatic carbocycles. The number of benzene rings is 1. The number of nitrogens with zero attached hydrogens (tertiary/aromatic N) is 1. The molecule has 0 atom stereocenters. The molecule has 0 spiro atoms. The molecule has 3 heteroatoms. The Hall–Kier alpha value is -0.700. The van der Waals surface area contributed by atoms with Crippen LogP contribution in [0.25, 0.3) is 0 Å². The van der Waals surface area contributed by atoms with Gasteiger partial charge in [-0.1, -0.05) is 61.0 Å². The molecule has 0 aliphatic heterocycles. The first-order valence-corrected chi connectivity index (χ1v) is 9.30. The predicted octanol–water partition coefficient (Wildman–Crippen LogP) is 5.57. The zero-order valence-corrected chi connectivity index (χ0v) is 15.4. The number of aryl methyl sites for hydroxylation is 1. The van der Waals surface area contributed by atoms with Crippen molar-refractivity contribution >= 4 is 21.6 Å². The second kappa shape index (κ2) is 10.9. The van der Waals surface area contributed by atoms with Crippen LogP contribution in [0, 0.1) is 6.92 Å². The van der Waals surface area contributed by atoms with Crippen molar-refractivity contribution < 1.29 is 4.74 Å². The predicted molar refractivity (Wildman–Crippen MR) is 97.1 cm³/mol. The number of hydrogen-bond acceptors (Lipinski definition) is 2. The third-order valence-electron chi connectivity index (χ3n) is 3.81. The highest BCUT2D eigenvalue weighted by Gasteiger charge is 2.11. The van der Waals surface area contributed by atoms with Gasteiger partial charge >= 0.3 is 0 Å². The van der Waals surface area contributed by atoms with Crippen LogP contribution in [0.4, 0.5) is 5.69 Å².